The smallest absolute Gasteiger partial charge is 0.430 e. The van der Waals surface area contributed by atoms with Crippen molar-refractivity contribution in [3.05, 3.63) is 24.0 Å². The molecule has 0 saturated carbocycles. The van der Waals surface area contributed by atoms with Gasteiger partial charge in [0.05, 0.1) is 0 Å². The molecule has 2 heterocycles. The summed E-state index contributed by atoms with van der Waals surface area (Å²) in [6.07, 6.45) is 4.15. The number of allylic oxidation sites excluding steroid dienone is 2. The summed E-state index contributed by atoms with van der Waals surface area (Å²) in [6.45, 7) is 8.78. The van der Waals surface area contributed by atoms with Crippen molar-refractivity contribution in [2.24, 2.45) is 9.81 Å². The second-order valence-electron chi connectivity index (χ2n) is 6.49. The van der Waals surface area contributed by atoms with Gasteiger partial charge in [0.25, 0.3) is 0 Å². The normalized spacial score (nSPS) is 22.6. The van der Waals surface area contributed by atoms with E-state index in [2.05, 4.69) is 9.71 Å². The maximum absolute atomic E-state index is 12.2. The average Bonchev–Trinajstić information content (AvgIpc) is 2.36. The van der Waals surface area contributed by atoms with E-state index in [0.29, 0.717) is 4.31 Å². The SMILES string of the molecule is CC1(C)C=CNC2=NS(=O)(=O)N(C(=O)OC(C)(C)C)C2=C1. The molecule has 2 rings (SSSR count). The van der Waals surface area contributed by atoms with Crippen LogP contribution in [0.3, 0.4) is 0 Å². The number of amides is 1. The summed E-state index contributed by atoms with van der Waals surface area (Å²) in [5.74, 6) is 0.114. The van der Waals surface area contributed by atoms with Gasteiger partial charge in [-0.3, -0.25) is 0 Å². The van der Waals surface area contributed by atoms with E-state index in [4.69, 9.17) is 4.74 Å². The second-order valence-corrected chi connectivity index (χ2v) is 7.93. The van der Waals surface area contributed by atoms with Crippen LogP contribution >= 0.6 is 0 Å². The van der Waals surface area contributed by atoms with Gasteiger partial charge in [-0.15, -0.1) is 8.70 Å². The van der Waals surface area contributed by atoms with Crippen molar-refractivity contribution in [2.75, 3.05) is 0 Å². The number of nitrogens with zero attached hydrogens (tertiary/aromatic N) is 2. The molecule has 2 aliphatic rings. The van der Waals surface area contributed by atoms with Crippen LogP contribution in [-0.4, -0.2) is 30.3 Å². The molecule has 0 unspecified atom stereocenters. The summed E-state index contributed by atoms with van der Waals surface area (Å²) in [5, 5.41) is 2.78. The predicted octanol–water partition coefficient (Wildman–Crippen LogP) is 1.91. The van der Waals surface area contributed by atoms with Crippen molar-refractivity contribution in [1.29, 1.82) is 0 Å². The number of amidine groups is 1. The molecule has 116 valence electrons. The van der Waals surface area contributed by atoms with Crippen molar-refractivity contribution in [1.82, 2.24) is 9.62 Å². The van der Waals surface area contributed by atoms with Gasteiger partial charge >= 0.3 is 16.3 Å². The Morgan fingerprint density at radius 1 is 1.38 bits per heavy atom. The molecule has 0 radical (unpaired) electrons. The van der Waals surface area contributed by atoms with Crippen LogP contribution in [0, 0.1) is 5.41 Å². The van der Waals surface area contributed by atoms with E-state index in [1.54, 1.807) is 33.0 Å². The minimum Gasteiger partial charge on any atom is -0.443 e. The van der Waals surface area contributed by atoms with Crippen LogP contribution in [0.5, 0.6) is 0 Å². The first-order valence-electron chi connectivity index (χ1n) is 6.47. The van der Waals surface area contributed by atoms with Gasteiger partial charge in [0.1, 0.15) is 11.3 Å². The van der Waals surface area contributed by atoms with Crippen molar-refractivity contribution < 1.29 is 17.9 Å². The third kappa shape index (κ3) is 3.26. The molecule has 0 fully saturated rings. The molecular formula is C13H19N3O4S. The predicted molar refractivity (Wildman–Crippen MR) is 78.6 cm³/mol. The fourth-order valence-corrected chi connectivity index (χ4v) is 2.95. The van der Waals surface area contributed by atoms with Gasteiger partial charge in [-0.1, -0.05) is 19.9 Å². The number of hydrogen-bond donors (Lipinski definition) is 1. The van der Waals surface area contributed by atoms with E-state index in [1.165, 1.54) is 0 Å². The molecule has 21 heavy (non-hydrogen) atoms. The highest BCUT2D eigenvalue weighted by atomic mass is 32.2. The number of ether oxygens (including phenoxy) is 1. The van der Waals surface area contributed by atoms with Crippen LogP contribution in [0.4, 0.5) is 4.79 Å². The van der Waals surface area contributed by atoms with Crippen LogP contribution in [0.2, 0.25) is 0 Å². The average molecular weight is 313 g/mol. The largest absolute Gasteiger partial charge is 0.443 e. The van der Waals surface area contributed by atoms with Crippen LogP contribution in [0.25, 0.3) is 0 Å². The molecule has 0 bridgehead atoms. The van der Waals surface area contributed by atoms with Gasteiger partial charge in [-0.2, -0.15) is 8.42 Å². The highest BCUT2D eigenvalue weighted by Gasteiger charge is 2.43. The monoisotopic (exact) mass is 313 g/mol. The Morgan fingerprint density at radius 2 is 2.00 bits per heavy atom. The van der Waals surface area contributed by atoms with Crippen molar-refractivity contribution in [2.45, 2.75) is 40.2 Å². The number of hydrogen-bond acceptors (Lipinski definition) is 5. The summed E-state index contributed by atoms with van der Waals surface area (Å²) in [5.41, 5.74) is -1.05. The lowest BCUT2D eigenvalue weighted by Gasteiger charge is -2.24. The van der Waals surface area contributed by atoms with Gasteiger partial charge in [0.2, 0.25) is 0 Å². The first-order valence-corrected chi connectivity index (χ1v) is 7.87. The molecule has 8 heteroatoms. The zero-order valence-corrected chi connectivity index (χ0v) is 13.5. The Hall–Kier alpha value is -1.83. The van der Waals surface area contributed by atoms with Crippen LogP contribution in [0.1, 0.15) is 34.6 Å². The lowest BCUT2D eigenvalue weighted by atomic mass is 9.93. The number of nitrogens with one attached hydrogen (secondary N) is 1. The van der Waals surface area contributed by atoms with E-state index >= 15 is 0 Å². The molecule has 0 saturated heterocycles. The molecule has 0 spiro atoms. The Bertz CT molecular complexity index is 666. The first-order chi connectivity index (χ1) is 9.41. The molecule has 7 nitrogen and oxygen atoms in total. The molecule has 1 amide bonds. The molecule has 0 aromatic rings. The topological polar surface area (TPSA) is 88.1 Å². The molecule has 0 aliphatic carbocycles. The summed E-state index contributed by atoms with van der Waals surface area (Å²) in [4.78, 5) is 12.2. The fraction of sp³-hybridized carbons (Fsp3) is 0.538. The van der Waals surface area contributed by atoms with Crippen LogP contribution in [-0.2, 0) is 14.9 Å². The standard InChI is InChI=1S/C13H19N3O4S/c1-12(2,3)20-11(17)16-9-8-13(4,5)6-7-14-10(9)15-21(16,18)19/h6-8H,1-5H3,(H,14,15). The third-order valence-corrected chi connectivity index (χ3v) is 3.92. The summed E-state index contributed by atoms with van der Waals surface area (Å²) in [7, 11) is -4.13. The molecular weight excluding hydrogens is 294 g/mol. The number of carbonyl (C=O) groups excluding carboxylic acids is 1. The molecule has 0 aromatic heterocycles. The Kier molecular flexibility index (Phi) is 3.40. The van der Waals surface area contributed by atoms with Crippen molar-refractivity contribution in [3.63, 3.8) is 0 Å². The van der Waals surface area contributed by atoms with Crippen molar-refractivity contribution >= 4 is 22.1 Å². The van der Waals surface area contributed by atoms with E-state index in [9.17, 15) is 13.2 Å². The third-order valence-electron chi connectivity index (χ3n) is 2.70. The van der Waals surface area contributed by atoms with Gasteiger partial charge in [0, 0.05) is 5.41 Å². The van der Waals surface area contributed by atoms with Gasteiger partial charge in [-0.25, -0.2) is 4.79 Å². The Labute approximate surface area is 124 Å². The fourth-order valence-electron chi connectivity index (χ4n) is 1.88. The van der Waals surface area contributed by atoms with Gasteiger partial charge < -0.3 is 10.1 Å². The zero-order chi connectivity index (χ0) is 16.1. The Balaban J connectivity index is 2.47. The second kappa shape index (κ2) is 4.59. The van der Waals surface area contributed by atoms with Crippen molar-refractivity contribution in [3.8, 4) is 0 Å². The summed E-state index contributed by atoms with van der Waals surface area (Å²) < 4.78 is 33.6. The van der Waals surface area contributed by atoms with Gasteiger partial charge in [0.15, 0.2) is 5.84 Å². The van der Waals surface area contributed by atoms with Crippen LogP contribution in [0.15, 0.2) is 28.4 Å². The lowest BCUT2D eigenvalue weighted by molar-refractivity contribution is 0.0437. The van der Waals surface area contributed by atoms with Gasteiger partial charge in [-0.05, 0) is 33.0 Å². The minimum absolute atomic E-state index is 0.114. The van der Waals surface area contributed by atoms with E-state index < -0.39 is 27.3 Å². The Morgan fingerprint density at radius 3 is 2.57 bits per heavy atom. The lowest BCUT2D eigenvalue weighted by Crippen LogP contribution is -2.38. The quantitative estimate of drug-likeness (QED) is 0.738. The molecule has 2 aliphatic heterocycles. The highest BCUT2D eigenvalue weighted by molar-refractivity contribution is 7.89. The zero-order valence-electron chi connectivity index (χ0n) is 12.7. The summed E-state index contributed by atoms with van der Waals surface area (Å²) >= 11 is 0. The maximum atomic E-state index is 12.2. The first kappa shape index (κ1) is 15.6. The van der Waals surface area contributed by atoms with Crippen LogP contribution < -0.4 is 5.32 Å². The maximum Gasteiger partial charge on any atom is 0.430 e. The molecule has 0 aromatic carbocycles. The minimum atomic E-state index is -4.13. The number of rotatable bonds is 0. The molecule has 0 atom stereocenters. The summed E-state index contributed by atoms with van der Waals surface area (Å²) in [6, 6.07) is 0. The molecule has 1 N–H and O–H groups in total. The number of fused-ring (bicyclic) bond motifs is 1. The van der Waals surface area contributed by atoms with E-state index in [0.717, 1.165) is 0 Å². The van der Waals surface area contributed by atoms with E-state index in [1.807, 2.05) is 19.9 Å². The number of carbonyl (C=O) groups is 1. The highest BCUT2D eigenvalue weighted by Crippen LogP contribution is 2.31. The van der Waals surface area contributed by atoms with E-state index in [-0.39, 0.29) is 11.5 Å².